The van der Waals surface area contributed by atoms with E-state index in [0.717, 1.165) is 45.0 Å². The zero-order chi connectivity index (χ0) is 31.8. The van der Waals surface area contributed by atoms with Crippen LogP contribution in [0.1, 0.15) is 30.5 Å². The van der Waals surface area contributed by atoms with Crippen molar-refractivity contribution in [2.24, 2.45) is 0 Å². The van der Waals surface area contributed by atoms with Crippen LogP contribution in [-0.4, -0.2) is 17.3 Å². The molecular weight excluding hydrogens is 560 g/mol. The standard InChI is InChI=1S/C43H37N2O/c1-30-26-36(27-34(42(30)46)24-25-41-43(2,3)37-22-14-15-23-38(37)44(41)4)45-39(32-18-10-6-11-19-32)28-35(31-16-8-5-9-17-31)29-40(45)33-20-12-7-13-21-33/h5-29H,1-4H3/q+1. The summed E-state index contributed by atoms with van der Waals surface area (Å²) in [4.78, 5) is 0. The fourth-order valence-electron chi connectivity index (χ4n) is 6.82. The topological polar surface area (TPSA) is 29.9 Å². The molecule has 0 N–H and O–H groups in total. The van der Waals surface area contributed by atoms with Crippen LogP contribution in [0.25, 0.3) is 45.4 Å². The number of hydrogen-bond acceptors (Lipinski definition) is 1. The van der Waals surface area contributed by atoms with Crippen LogP contribution in [0.2, 0.25) is 0 Å². The molecule has 1 aliphatic rings. The molecule has 0 spiro atoms. The lowest BCUT2D eigenvalue weighted by atomic mass is 9.81. The number of para-hydroxylation sites is 1. The van der Waals surface area contributed by atoms with E-state index in [0.29, 0.717) is 11.1 Å². The number of aromatic nitrogens is 1. The lowest BCUT2D eigenvalue weighted by Gasteiger charge is -2.18. The molecule has 0 radical (unpaired) electrons. The SMILES string of the molecule is Cc1cc(-[n+]2c(-c3ccccc3)cc(-c3ccccc3)cc2-c2ccccc2)cc(/C=C\C2=[N+](C)c3ccccc3C2(C)C)c1[O-]. The summed E-state index contributed by atoms with van der Waals surface area (Å²) < 4.78 is 4.54. The number of fused-ring (bicyclic) bond motifs is 1. The van der Waals surface area contributed by atoms with E-state index in [9.17, 15) is 5.11 Å². The van der Waals surface area contributed by atoms with Crippen molar-refractivity contribution < 1.29 is 14.2 Å². The molecule has 0 saturated carbocycles. The highest BCUT2D eigenvalue weighted by Gasteiger charge is 2.42. The van der Waals surface area contributed by atoms with Gasteiger partial charge in [-0.2, -0.15) is 9.14 Å². The van der Waals surface area contributed by atoms with Crippen molar-refractivity contribution in [1.29, 1.82) is 0 Å². The van der Waals surface area contributed by atoms with Gasteiger partial charge in [-0.1, -0.05) is 96.2 Å². The first kappa shape index (κ1) is 29.2. The first-order chi connectivity index (χ1) is 22.3. The monoisotopic (exact) mass is 597 g/mol. The van der Waals surface area contributed by atoms with E-state index in [4.69, 9.17) is 0 Å². The molecule has 0 atom stereocenters. The van der Waals surface area contributed by atoms with Crippen LogP contribution >= 0.6 is 0 Å². The Balaban J connectivity index is 1.45. The Morgan fingerprint density at radius 3 is 1.67 bits per heavy atom. The molecule has 0 bridgehead atoms. The Labute approximate surface area is 271 Å². The van der Waals surface area contributed by atoms with Crippen molar-refractivity contribution in [2.75, 3.05) is 7.05 Å². The molecule has 0 saturated heterocycles. The fourth-order valence-corrected chi connectivity index (χ4v) is 6.82. The Kier molecular flexibility index (Phi) is 7.46. The average molecular weight is 598 g/mol. The maximum absolute atomic E-state index is 13.7. The quantitative estimate of drug-likeness (QED) is 0.176. The number of rotatable bonds is 6. The molecule has 2 heterocycles. The second kappa shape index (κ2) is 11.8. The lowest BCUT2D eigenvalue weighted by molar-refractivity contribution is -0.572. The number of aryl methyl sites for hydroxylation is 1. The minimum Gasteiger partial charge on any atom is -0.872 e. The molecule has 6 aromatic rings. The molecular formula is C43H37N2O+. The maximum atomic E-state index is 13.7. The number of allylic oxidation sites excluding steroid dienone is 1. The Hall–Kier alpha value is -5.54. The highest BCUT2D eigenvalue weighted by atomic mass is 16.3. The second-order valence-corrected chi connectivity index (χ2v) is 12.5. The van der Waals surface area contributed by atoms with Gasteiger partial charge < -0.3 is 5.11 Å². The van der Waals surface area contributed by atoms with E-state index >= 15 is 0 Å². The molecule has 0 fully saturated rings. The average Bonchev–Trinajstić information content (AvgIpc) is 3.29. The van der Waals surface area contributed by atoms with E-state index in [1.54, 1.807) is 0 Å². The summed E-state index contributed by atoms with van der Waals surface area (Å²) in [6.07, 6.45) is 4.13. The molecule has 0 unspecified atom stereocenters. The zero-order valence-corrected chi connectivity index (χ0v) is 26.7. The highest BCUT2D eigenvalue weighted by Crippen LogP contribution is 2.39. The normalized spacial score (nSPS) is 13.7. The summed E-state index contributed by atoms with van der Waals surface area (Å²) in [5.74, 6) is 0.0422. The molecule has 5 aromatic carbocycles. The van der Waals surface area contributed by atoms with E-state index in [1.165, 1.54) is 11.3 Å². The third-order valence-electron chi connectivity index (χ3n) is 9.22. The van der Waals surface area contributed by atoms with Crippen molar-refractivity contribution in [2.45, 2.75) is 26.2 Å². The summed E-state index contributed by atoms with van der Waals surface area (Å²) in [5.41, 5.74) is 12.4. The third-order valence-corrected chi connectivity index (χ3v) is 9.22. The Bertz CT molecular complexity index is 2070. The summed E-state index contributed by atoms with van der Waals surface area (Å²) in [6.45, 7) is 6.41. The van der Waals surface area contributed by atoms with Gasteiger partial charge in [0.15, 0.2) is 5.71 Å². The first-order valence-corrected chi connectivity index (χ1v) is 15.8. The lowest BCUT2D eigenvalue weighted by Crippen LogP contribution is -2.36. The highest BCUT2D eigenvalue weighted by molar-refractivity contribution is 6.05. The number of benzene rings is 5. The first-order valence-electron chi connectivity index (χ1n) is 15.8. The number of nitrogens with zero attached hydrogens (tertiary/aromatic N) is 2. The van der Waals surface area contributed by atoms with E-state index < -0.39 is 0 Å². The minimum absolute atomic E-state index is 0.0422. The second-order valence-electron chi connectivity index (χ2n) is 12.5. The van der Waals surface area contributed by atoms with Crippen LogP contribution in [0, 0.1) is 6.92 Å². The summed E-state index contributed by atoms with van der Waals surface area (Å²) in [7, 11) is 2.11. The predicted molar refractivity (Wildman–Crippen MR) is 188 cm³/mol. The van der Waals surface area contributed by atoms with Gasteiger partial charge in [0.2, 0.25) is 22.8 Å². The van der Waals surface area contributed by atoms with Crippen molar-refractivity contribution in [1.82, 2.24) is 0 Å². The van der Waals surface area contributed by atoms with E-state index in [2.05, 4.69) is 145 Å². The molecule has 0 amide bonds. The van der Waals surface area contributed by atoms with Gasteiger partial charge in [-0.3, -0.25) is 0 Å². The van der Waals surface area contributed by atoms with E-state index in [1.807, 2.05) is 43.3 Å². The van der Waals surface area contributed by atoms with Crippen LogP contribution < -0.4 is 9.67 Å². The number of hydrogen-bond donors (Lipinski definition) is 0. The Morgan fingerprint density at radius 2 is 1.11 bits per heavy atom. The van der Waals surface area contributed by atoms with Gasteiger partial charge in [0.05, 0.1) is 5.41 Å². The molecule has 46 heavy (non-hydrogen) atoms. The Morgan fingerprint density at radius 1 is 0.587 bits per heavy atom. The van der Waals surface area contributed by atoms with Crippen LogP contribution in [0.4, 0.5) is 5.69 Å². The maximum Gasteiger partial charge on any atom is 0.219 e. The van der Waals surface area contributed by atoms with Crippen molar-refractivity contribution in [3.63, 3.8) is 0 Å². The van der Waals surface area contributed by atoms with Crippen LogP contribution in [0.5, 0.6) is 5.75 Å². The van der Waals surface area contributed by atoms with E-state index in [-0.39, 0.29) is 11.2 Å². The van der Waals surface area contributed by atoms with Gasteiger partial charge in [0.1, 0.15) is 7.05 Å². The molecule has 3 heteroatoms. The molecule has 224 valence electrons. The summed E-state index contributed by atoms with van der Waals surface area (Å²) in [5, 5.41) is 13.7. The van der Waals surface area contributed by atoms with Gasteiger partial charge >= 0.3 is 0 Å². The molecule has 0 aliphatic carbocycles. The van der Waals surface area contributed by atoms with Crippen molar-refractivity contribution in [3.05, 3.63) is 162 Å². The third kappa shape index (κ3) is 5.14. The molecule has 7 rings (SSSR count). The zero-order valence-electron chi connectivity index (χ0n) is 26.7. The van der Waals surface area contributed by atoms with Gasteiger partial charge in [0, 0.05) is 53.1 Å². The smallest absolute Gasteiger partial charge is 0.219 e. The predicted octanol–water partition coefficient (Wildman–Crippen LogP) is 9.07. The fraction of sp³-hybridized carbons (Fsp3) is 0.116. The van der Waals surface area contributed by atoms with Crippen LogP contribution in [0.15, 0.2) is 146 Å². The van der Waals surface area contributed by atoms with Crippen LogP contribution in [-0.2, 0) is 5.41 Å². The minimum atomic E-state index is -0.180. The molecule has 3 nitrogen and oxygen atoms in total. The summed E-state index contributed by atoms with van der Waals surface area (Å²) >= 11 is 0. The number of pyridine rings is 1. The largest absolute Gasteiger partial charge is 0.872 e. The van der Waals surface area contributed by atoms with Gasteiger partial charge in [-0.05, 0) is 67.8 Å². The van der Waals surface area contributed by atoms with Gasteiger partial charge in [-0.25, -0.2) is 0 Å². The van der Waals surface area contributed by atoms with Crippen LogP contribution in [0.3, 0.4) is 0 Å². The van der Waals surface area contributed by atoms with Gasteiger partial charge in [-0.15, -0.1) is 0 Å². The summed E-state index contributed by atoms with van der Waals surface area (Å²) in [6, 6.07) is 48.6. The van der Waals surface area contributed by atoms with Gasteiger partial charge in [0.25, 0.3) is 0 Å². The van der Waals surface area contributed by atoms with Crippen molar-refractivity contribution in [3.8, 4) is 45.1 Å². The van der Waals surface area contributed by atoms with Crippen molar-refractivity contribution >= 4 is 17.5 Å². The molecule has 1 aliphatic heterocycles. The molecule has 1 aromatic heterocycles.